The summed E-state index contributed by atoms with van der Waals surface area (Å²) in [6.07, 6.45) is 0. The largest absolute Gasteiger partial charge is 0.493 e. The zero-order valence-electron chi connectivity index (χ0n) is 11.4. The Balaban J connectivity index is 2.24. The smallest absolute Gasteiger partial charge is 0.164 e. The van der Waals surface area contributed by atoms with E-state index in [1.807, 2.05) is 30.3 Å². The molecule has 20 heavy (non-hydrogen) atoms. The Morgan fingerprint density at radius 3 is 2.20 bits per heavy atom. The molecule has 0 aliphatic rings. The Bertz CT molecular complexity index is 618. The molecule has 0 radical (unpaired) electrons. The Labute approximate surface area is 118 Å². The molecule has 2 rings (SSSR count). The van der Waals surface area contributed by atoms with Crippen LogP contribution in [0.1, 0.15) is 11.1 Å². The van der Waals surface area contributed by atoms with Gasteiger partial charge in [-0.15, -0.1) is 0 Å². The molecule has 0 bridgehead atoms. The van der Waals surface area contributed by atoms with Crippen molar-refractivity contribution < 1.29 is 14.2 Å². The first-order valence-corrected chi connectivity index (χ1v) is 6.11. The molecule has 0 heterocycles. The van der Waals surface area contributed by atoms with E-state index in [9.17, 15) is 5.26 Å². The van der Waals surface area contributed by atoms with Crippen molar-refractivity contribution in [2.45, 2.75) is 6.61 Å². The number of ether oxygens (including phenoxy) is 3. The van der Waals surface area contributed by atoms with Crippen LogP contribution in [0.5, 0.6) is 17.2 Å². The first-order chi connectivity index (χ1) is 9.78. The lowest BCUT2D eigenvalue weighted by molar-refractivity contribution is 0.299. The van der Waals surface area contributed by atoms with E-state index in [4.69, 9.17) is 14.2 Å². The fourth-order valence-corrected chi connectivity index (χ4v) is 1.80. The van der Waals surface area contributed by atoms with Crippen molar-refractivity contribution in [2.75, 3.05) is 14.2 Å². The molecule has 2 aromatic rings. The van der Waals surface area contributed by atoms with Crippen LogP contribution in [0, 0.1) is 11.3 Å². The van der Waals surface area contributed by atoms with Crippen molar-refractivity contribution in [3.05, 3.63) is 53.6 Å². The van der Waals surface area contributed by atoms with Gasteiger partial charge in [0.25, 0.3) is 0 Å². The van der Waals surface area contributed by atoms with Gasteiger partial charge in [0.2, 0.25) is 0 Å². The monoisotopic (exact) mass is 269 g/mol. The van der Waals surface area contributed by atoms with E-state index >= 15 is 0 Å². The molecule has 4 heteroatoms. The van der Waals surface area contributed by atoms with Gasteiger partial charge in [-0.25, -0.2) is 0 Å². The second-order valence-electron chi connectivity index (χ2n) is 4.09. The lowest BCUT2D eigenvalue weighted by Gasteiger charge is -2.12. The van der Waals surface area contributed by atoms with E-state index in [1.54, 1.807) is 19.2 Å². The van der Waals surface area contributed by atoms with E-state index in [2.05, 4.69) is 6.07 Å². The van der Waals surface area contributed by atoms with Gasteiger partial charge in [-0.2, -0.15) is 5.26 Å². The quantitative estimate of drug-likeness (QED) is 0.836. The third-order valence-corrected chi connectivity index (χ3v) is 2.84. The summed E-state index contributed by atoms with van der Waals surface area (Å²) >= 11 is 0. The number of hydrogen-bond acceptors (Lipinski definition) is 4. The van der Waals surface area contributed by atoms with E-state index in [0.717, 1.165) is 5.56 Å². The molecule has 2 aromatic carbocycles. The zero-order valence-corrected chi connectivity index (χ0v) is 11.4. The maximum Gasteiger partial charge on any atom is 0.164 e. The molecule has 0 unspecified atom stereocenters. The van der Waals surface area contributed by atoms with Gasteiger partial charge in [0, 0.05) is 12.1 Å². The molecule has 0 amide bonds. The molecule has 102 valence electrons. The summed E-state index contributed by atoms with van der Waals surface area (Å²) in [5.41, 5.74) is 1.45. The van der Waals surface area contributed by atoms with Gasteiger partial charge >= 0.3 is 0 Å². The van der Waals surface area contributed by atoms with Crippen LogP contribution < -0.4 is 14.2 Å². The molecule has 0 aliphatic heterocycles. The van der Waals surface area contributed by atoms with Crippen molar-refractivity contribution in [1.29, 1.82) is 5.26 Å². The normalized spacial score (nSPS) is 9.65. The van der Waals surface area contributed by atoms with Gasteiger partial charge in [0.1, 0.15) is 18.4 Å². The number of hydrogen-bond donors (Lipinski definition) is 0. The van der Waals surface area contributed by atoms with Crippen LogP contribution in [0.2, 0.25) is 0 Å². The highest BCUT2D eigenvalue weighted by molar-refractivity contribution is 5.55. The minimum Gasteiger partial charge on any atom is -0.493 e. The molecular weight excluding hydrogens is 254 g/mol. The topological polar surface area (TPSA) is 51.5 Å². The predicted molar refractivity (Wildman–Crippen MR) is 75.0 cm³/mol. The Kier molecular flexibility index (Phi) is 4.46. The highest BCUT2D eigenvalue weighted by atomic mass is 16.5. The molecule has 0 atom stereocenters. The summed E-state index contributed by atoms with van der Waals surface area (Å²) in [5, 5.41) is 9.17. The van der Waals surface area contributed by atoms with Gasteiger partial charge in [-0.05, 0) is 5.56 Å². The summed E-state index contributed by atoms with van der Waals surface area (Å²) in [5.74, 6) is 1.53. The zero-order chi connectivity index (χ0) is 14.4. The average Bonchev–Trinajstić information content (AvgIpc) is 2.52. The highest BCUT2D eigenvalue weighted by Gasteiger charge is 2.12. The van der Waals surface area contributed by atoms with Crippen LogP contribution in [0.15, 0.2) is 42.5 Å². The molecule has 4 nitrogen and oxygen atoms in total. The van der Waals surface area contributed by atoms with Crippen LogP contribution in [0.3, 0.4) is 0 Å². The maximum atomic E-state index is 9.17. The van der Waals surface area contributed by atoms with Crippen molar-refractivity contribution in [2.24, 2.45) is 0 Å². The van der Waals surface area contributed by atoms with Crippen molar-refractivity contribution >= 4 is 0 Å². The van der Waals surface area contributed by atoms with Gasteiger partial charge in [0.05, 0.1) is 19.8 Å². The Morgan fingerprint density at radius 2 is 1.60 bits per heavy atom. The van der Waals surface area contributed by atoms with E-state index in [1.165, 1.54) is 7.11 Å². The molecule has 0 spiro atoms. The molecule has 0 aromatic heterocycles. The summed E-state index contributed by atoms with van der Waals surface area (Å²) in [7, 11) is 3.08. The molecule has 0 fully saturated rings. The SMILES string of the molecule is COc1cc(C#N)c(OCc2ccccc2)cc1OC. The number of nitriles is 1. The van der Waals surface area contributed by atoms with Crippen LogP contribution in [-0.4, -0.2) is 14.2 Å². The molecule has 0 saturated carbocycles. The first-order valence-electron chi connectivity index (χ1n) is 6.11. The van der Waals surface area contributed by atoms with Crippen molar-refractivity contribution in [1.82, 2.24) is 0 Å². The predicted octanol–water partition coefficient (Wildman–Crippen LogP) is 3.15. The maximum absolute atomic E-state index is 9.17. The van der Waals surface area contributed by atoms with Crippen LogP contribution in [0.4, 0.5) is 0 Å². The fraction of sp³-hybridized carbons (Fsp3) is 0.188. The minimum absolute atomic E-state index is 0.394. The molecule has 0 aliphatic carbocycles. The number of benzene rings is 2. The molecule has 0 N–H and O–H groups in total. The molecular formula is C16H15NO3. The van der Waals surface area contributed by atoms with Gasteiger partial charge in [-0.1, -0.05) is 30.3 Å². The van der Waals surface area contributed by atoms with Gasteiger partial charge < -0.3 is 14.2 Å². The average molecular weight is 269 g/mol. The number of nitrogens with zero attached hydrogens (tertiary/aromatic N) is 1. The van der Waals surface area contributed by atoms with Crippen molar-refractivity contribution in [3.63, 3.8) is 0 Å². The van der Waals surface area contributed by atoms with Crippen LogP contribution in [0.25, 0.3) is 0 Å². The minimum atomic E-state index is 0.394. The lowest BCUT2D eigenvalue weighted by Crippen LogP contribution is -1.99. The fourth-order valence-electron chi connectivity index (χ4n) is 1.80. The van der Waals surface area contributed by atoms with E-state index < -0.39 is 0 Å². The summed E-state index contributed by atoms with van der Waals surface area (Å²) in [6, 6.07) is 15.1. The van der Waals surface area contributed by atoms with Gasteiger partial charge in [0.15, 0.2) is 11.5 Å². The van der Waals surface area contributed by atoms with Crippen LogP contribution >= 0.6 is 0 Å². The standard InChI is InChI=1S/C16H15NO3/c1-18-15-8-13(10-17)14(9-16(15)19-2)20-11-12-6-4-3-5-7-12/h3-9H,11H2,1-2H3. The second kappa shape index (κ2) is 6.48. The molecule has 0 saturated heterocycles. The number of methoxy groups -OCH3 is 2. The third kappa shape index (κ3) is 3.01. The van der Waals surface area contributed by atoms with Crippen LogP contribution in [-0.2, 0) is 6.61 Å². The first kappa shape index (κ1) is 13.8. The Morgan fingerprint density at radius 1 is 0.950 bits per heavy atom. The highest BCUT2D eigenvalue weighted by Crippen LogP contribution is 2.34. The van der Waals surface area contributed by atoms with Crippen molar-refractivity contribution in [3.8, 4) is 23.3 Å². The summed E-state index contributed by atoms with van der Waals surface area (Å²) in [6.45, 7) is 0.394. The lowest BCUT2D eigenvalue weighted by atomic mass is 10.2. The third-order valence-electron chi connectivity index (χ3n) is 2.84. The second-order valence-corrected chi connectivity index (χ2v) is 4.09. The van der Waals surface area contributed by atoms with E-state index in [-0.39, 0.29) is 0 Å². The summed E-state index contributed by atoms with van der Waals surface area (Å²) in [4.78, 5) is 0. The van der Waals surface area contributed by atoms with E-state index in [0.29, 0.717) is 29.4 Å². The number of rotatable bonds is 5. The summed E-state index contributed by atoms with van der Waals surface area (Å²) < 4.78 is 16.1. The Hall–Kier alpha value is -2.67. The van der Waals surface area contributed by atoms with Gasteiger partial charge in [-0.3, -0.25) is 0 Å².